The molecule has 3 rings (SSSR count). The van der Waals surface area contributed by atoms with Gasteiger partial charge in [-0.15, -0.1) is 11.8 Å². The first-order chi connectivity index (χ1) is 13.0. The number of H-pyrrole nitrogens is 1. The van der Waals surface area contributed by atoms with Gasteiger partial charge in [0.2, 0.25) is 5.91 Å². The Morgan fingerprint density at radius 1 is 1.15 bits per heavy atom. The van der Waals surface area contributed by atoms with Crippen molar-refractivity contribution in [3.05, 3.63) is 59.9 Å². The maximum absolute atomic E-state index is 12.8. The zero-order valence-electron chi connectivity index (χ0n) is 15.5. The summed E-state index contributed by atoms with van der Waals surface area (Å²) >= 11 is 1.36. The Kier molecular flexibility index (Phi) is 5.81. The molecule has 1 atom stereocenters. The van der Waals surface area contributed by atoms with Gasteiger partial charge in [0, 0.05) is 19.0 Å². The smallest absolute Gasteiger partial charge is 0.252 e. The number of nitrogens with zero attached hydrogens (tertiary/aromatic N) is 2. The quantitative estimate of drug-likeness (QED) is 0.642. The number of carbonyl (C=O) groups is 2. The molecule has 2 amide bonds. The van der Waals surface area contributed by atoms with E-state index in [0.29, 0.717) is 11.4 Å². The van der Waals surface area contributed by atoms with Crippen molar-refractivity contribution in [3.8, 4) is 0 Å². The van der Waals surface area contributed by atoms with Crippen LogP contribution in [0, 0.1) is 0 Å². The third-order valence-corrected chi connectivity index (χ3v) is 5.21. The molecule has 0 spiro atoms. The van der Waals surface area contributed by atoms with Crippen LogP contribution in [0.4, 0.5) is 0 Å². The number of hydrogen-bond acceptors (Lipinski definition) is 4. The van der Waals surface area contributed by atoms with Crippen molar-refractivity contribution < 1.29 is 9.59 Å². The van der Waals surface area contributed by atoms with Gasteiger partial charge in [-0.3, -0.25) is 9.59 Å². The highest BCUT2D eigenvalue weighted by atomic mass is 32.2. The predicted octanol–water partition coefficient (Wildman–Crippen LogP) is 3.23. The summed E-state index contributed by atoms with van der Waals surface area (Å²) in [5, 5.41) is 2.98. The van der Waals surface area contributed by atoms with E-state index in [-0.39, 0.29) is 23.6 Å². The minimum absolute atomic E-state index is 0.00542. The summed E-state index contributed by atoms with van der Waals surface area (Å²) in [7, 11) is 3.44. The number of rotatable bonds is 6. The van der Waals surface area contributed by atoms with Gasteiger partial charge in [0.1, 0.15) is 5.82 Å². The fourth-order valence-corrected chi connectivity index (χ4v) is 3.60. The van der Waals surface area contributed by atoms with Crippen LogP contribution in [0.2, 0.25) is 0 Å². The van der Waals surface area contributed by atoms with Gasteiger partial charge >= 0.3 is 0 Å². The van der Waals surface area contributed by atoms with Crippen LogP contribution in [-0.4, -0.2) is 46.5 Å². The van der Waals surface area contributed by atoms with Crippen molar-refractivity contribution in [1.82, 2.24) is 20.2 Å². The fraction of sp³-hybridized carbons (Fsp3) is 0.250. The average molecular weight is 382 g/mol. The fourth-order valence-electron chi connectivity index (χ4n) is 2.57. The standard InChI is InChI=1S/C20H22N4O2S/c1-13(19-22-15-9-5-6-10-16(15)23-19)21-20(26)14-8-4-7-11-17(14)27-12-18(25)24(2)3/h4-11,13H,12H2,1-3H3,(H,21,26)(H,22,23). The molecule has 2 N–H and O–H groups in total. The van der Waals surface area contributed by atoms with Gasteiger partial charge < -0.3 is 15.2 Å². The van der Waals surface area contributed by atoms with Crippen LogP contribution in [0.3, 0.4) is 0 Å². The number of imidazole rings is 1. The van der Waals surface area contributed by atoms with E-state index >= 15 is 0 Å². The number of para-hydroxylation sites is 2. The molecule has 0 bridgehead atoms. The van der Waals surface area contributed by atoms with Crippen molar-refractivity contribution in [2.75, 3.05) is 19.8 Å². The van der Waals surface area contributed by atoms with E-state index in [1.165, 1.54) is 11.8 Å². The number of amides is 2. The molecule has 6 nitrogen and oxygen atoms in total. The van der Waals surface area contributed by atoms with Crippen LogP contribution < -0.4 is 5.32 Å². The number of fused-ring (bicyclic) bond motifs is 1. The van der Waals surface area contributed by atoms with E-state index in [4.69, 9.17) is 0 Å². The van der Waals surface area contributed by atoms with E-state index in [1.54, 1.807) is 25.1 Å². The number of hydrogen-bond donors (Lipinski definition) is 2. The number of thioether (sulfide) groups is 1. The summed E-state index contributed by atoms with van der Waals surface area (Å²) in [6.07, 6.45) is 0. The normalized spacial score (nSPS) is 12.0. The highest BCUT2D eigenvalue weighted by molar-refractivity contribution is 8.00. The third kappa shape index (κ3) is 4.49. The first-order valence-electron chi connectivity index (χ1n) is 8.63. The maximum atomic E-state index is 12.8. The number of nitrogens with one attached hydrogen (secondary N) is 2. The zero-order chi connectivity index (χ0) is 19.4. The Morgan fingerprint density at radius 3 is 2.59 bits per heavy atom. The van der Waals surface area contributed by atoms with Crippen LogP contribution in [0.25, 0.3) is 11.0 Å². The minimum atomic E-state index is -0.272. The van der Waals surface area contributed by atoms with Gasteiger partial charge in [-0.05, 0) is 31.2 Å². The first-order valence-corrected chi connectivity index (χ1v) is 9.61. The summed E-state index contributed by atoms with van der Waals surface area (Å²) in [5.41, 5.74) is 2.36. The van der Waals surface area contributed by atoms with E-state index in [9.17, 15) is 9.59 Å². The van der Waals surface area contributed by atoms with Gasteiger partial charge in [-0.25, -0.2) is 4.98 Å². The number of aromatic nitrogens is 2. The van der Waals surface area contributed by atoms with Crippen molar-refractivity contribution in [2.24, 2.45) is 0 Å². The number of aromatic amines is 1. The first kappa shape index (κ1) is 19.0. The highest BCUT2D eigenvalue weighted by Crippen LogP contribution is 2.24. The summed E-state index contributed by atoms with van der Waals surface area (Å²) in [5.74, 6) is 0.808. The second-order valence-electron chi connectivity index (χ2n) is 6.41. The molecule has 1 unspecified atom stereocenters. The maximum Gasteiger partial charge on any atom is 0.252 e. The molecule has 27 heavy (non-hydrogen) atoms. The Morgan fingerprint density at radius 2 is 1.85 bits per heavy atom. The van der Waals surface area contributed by atoms with Gasteiger partial charge in [-0.1, -0.05) is 24.3 Å². The molecule has 0 fully saturated rings. The molecule has 0 saturated carbocycles. The molecule has 1 aromatic heterocycles. The van der Waals surface area contributed by atoms with Crippen molar-refractivity contribution in [2.45, 2.75) is 17.9 Å². The van der Waals surface area contributed by atoms with E-state index < -0.39 is 0 Å². The lowest BCUT2D eigenvalue weighted by atomic mass is 10.2. The lowest BCUT2D eigenvalue weighted by molar-refractivity contribution is -0.125. The third-order valence-electron chi connectivity index (χ3n) is 4.15. The number of carbonyl (C=O) groups excluding carboxylic acids is 2. The van der Waals surface area contributed by atoms with Gasteiger partial charge in [-0.2, -0.15) is 0 Å². The topological polar surface area (TPSA) is 78.1 Å². The Hall–Kier alpha value is -2.80. The predicted molar refractivity (Wildman–Crippen MR) is 108 cm³/mol. The van der Waals surface area contributed by atoms with Crippen molar-refractivity contribution in [3.63, 3.8) is 0 Å². The monoisotopic (exact) mass is 382 g/mol. The SMILES string of the molecule is CC(NC(=O)c1ccccc1SCC(=O)N(C)C)c1nc2ccccc2[nH]1. The molecule has 0 aliphatic heterocycles. The van der Waals surface area contributed by atoms with Crippen LogP contribution in [0.1, 0.15) is 29.1 Å². The summed E-state index contributed by atoms with van der Waals surface area (Å²) in [6, 6.07) is 14.8. The summed E-state index contributed by atoms with van der Waals surface area (Å²) in [6.45, 7) is 1.89. The molecule has 0 aliphatic rings. The molecule has 0 aliphatic carbocycles. The Labute approximate surface area is 162 Å². The zero-order valence-corrected chi connectivity index (χ0v) is 16.3. The van der Waals surface area contributed by atoms with Crippen LogP contribution >= 0.6 is 11.8 Å². The van der Waals surface area contributed by atoms with Gasteiger partial charge in [0.15, 0.2) is 0 Å². The molecule has 3 aromatic rings. The molecule has 2 aromatic carbocycles. The second kappa shape index (κ2) is 8.26. The Balaban J connectivity index is 1.72. The summed E-state index contributed by atoms with van der Waals surface area (Å²) < 4.78 is 0. The van der Waals surface area contributed by atoms with Crippen molar-refractivity contribution >= 4 is 34.6 Å². The highest BCUT2D eigenvalue weighted by Gasteiger charge is 2.18. The van der Waals surface area contributed by atoms with Gasteiger partial charge in [0.25, 0.3) is 5.91 Å². The molecule has 0 radical (unpaired) electrons. The molecular weight excluding hydrogens is 360 g/mol. The summed E-state index contributed by atoms with van der Waals surface area (Å²) in [4.78, 5) is 34.7. The molecule has 7 heteroatoms. The van der Waals surface area contributed by atoms with Gasteiger partial charge in [0.05, 0.1) is 28.4 Å². The molecule has 0 saturated heterocycles. The second-order valence-corrected chi connectivity index (χ2v) is 7.42. The van der Waals surface area contributed by atoms with Crippen molar-refractivity contribution in [1.29, 1.82) is 0 Å². The van der Waals surface area contributed by atoms with Crippen LogP contribution in [-0.2, 0) is 4.79 Å². The van der Waals surface area contributed by atoms with E-state index in [1.807, 2.05) is 49.4 Å². The molecular formula is C20H22N4O2S. The minimum Gasteiger partial charge on any atom is -0.348 e. The molecule has 140 valence electrons. The lowest BCUT2D eigenvalue weighted by Gasteiger charge is -2.14. The van der Waals surface area contributed by atoms with Crippen LogP contribution in [0.5, 0.6) is 0 Å². The van der Waals surface area contributed by atoms with E-state index in [2.05, 4.69) is 15.3 Å². The molecule has 1 heterocycles. The van der Waals surface area contributed by atoms with Crippen LogP contribution in [0.15, 0.2) is 53.4 Å². The number of benzene rings is 2. The van der Waals surface area contributed by atoms with E-state index in [0.717, 1.165) is 15.9 Å². The Bertz CT molecular complexity index is 934. The lowest BCUT2D eigenvalue weighted by Crippen LogP contribution is -2.28. The largest absolute Gasteiger partial charge is 0.348 e. The average Bonchev–Trinajstić information content (AvgIpc) is 3.10.